The highest BCUT2D eigenvalue weighted by molar-refractivity contribution is 5.82. The highest BCUT2D eigenvalue weighted by Gasteiger charge is 2.31. The van der Waals surface area contributed by atoms with Crippen molar-refractivity contribution >= 4 is 17.5 Å². The SMILES string of the molecule is CC(C)(C)C(=O)N1CCN(C(=O)COc2ccccc2[N+](=O)[O-])CC1. The van der Waals surface area contributed by atoms with Crippen LogP contribution in [0.1, 0.15) is 20.8 Å². The maximum absolute atomic E-state index is 12.3. The van der Waals surface area contributed by atoms with Crippen molar-refractivity contribution < 1.29 is 19.2 Å². The third kappa shape index (κ3) is 4.68. The number of hydrogen-bond donors (Lipinski definition) is 0. The fraction of sp³-hybridized carbons (Fsp3) is 0.529. The lowest BCUT2D eigenvalue weighted by Gasteiger charge is -2.37. The van der Waals surface area contributed by atoms with Gasteiger partial charge in [0.2, 0.25) is 5.91 Å². The molecular formula is C17H23N3O5. The summed E-state index contributed by atoms with van der Waals surface area (Å²) in [6.07, 6.45) is 0. The van der Waals surface area contributed by atoms with Crippen LogP contribution in [-0.4, -0.2) is 59.3 Å². The Morgan fingerprint density at radius 3 is 2.24 bits per heavy atom. The molecule has 0 aromatic heterocycles. The standard InChI is InChI=1S/C17H23N3O5/c1-17(2,3)16(22)19-10-8-18(9-11-19)15(21)12-25-14-7-5-4-6-13(14)20(23)24/h4-7H,8-12H2,1-3H3. The second-order valence-corrected chi connectivity index (χ2v) is 6.94. The Hall–Kier alpha value is -2.64. The number of nitro benzene ring substituents is 1. The molecule has 0 saturated carbocycles. The van der Waals surface area contributed by atoms with E-state index in [4.69, 9.17) is 4.74 Å². The van der Waals surface area contributed by atoms with Gasteiger partial charge in [0.25, 0.3) is 5.91 Å². The van der Waals surface area contributed by atoms with E-state index in [1.807, 2.05) is 20.8 Å². The van der Waals surface area contributed by atoms with Gasteiger partial charge in [-0.1, -0.05) is 32.9 Å². The molecule has 1 fully saturated rings. The van der Waals surface area contributed by atoms with Crippen LogP contribution in [0.25, 0.3) is 0 Å². The summed E-state index contributed by atoms with van der Waals surface area (Å²) in [5.41, 5.74) is -0.613. The molecule has 0 unspecified atom stereocenters. The molecule has 2 rings (SSSR count). The van der Waals surface area contributed by atoms with Gasteiger partial charge in [-0.15, -0.1) is 0 Å². The van der Waals surface area contributed by atoms with Crippen molar-refractivity contribution in [3.05, 3.63) is 34.4 Å². The second kappa shape index (κ2) is 7.50. The van der Waals surface area contributed by atoms with Gasteiger partial charge in [-0.25, -0.2) is 0 Å². The van der Waals surface area contributed by atoms with Crippen molar-refractivity contribution in [2.75, 3.05) is 32.8 Å². The van der Waals surface area contributed by atoms with Crippen LogP contribution in [0.3, 0.4) is 0 Å². The maximum Gasteiger partial charge on any atom is 0.310 e. The molecule has 136 valence electrons. The summed E-state index contributed by atoms with van der Waals surface area (Å²) in [5, 5.41) is 10.9. The van der Waals surface area contributed by atoms with Crippen LogP contribution in [0.15, 0.2) is 24.3 Å². The lowest BCUT2D eigenvalue weighted by molar-refractivity contribution is -0.385. The van der Waals surface area contributed by atoms with Crippen molar-refractivity contribution in [3.8, 4) is 5.75 Å². The Kier molecular flexibility index (Phi) is 5.61. The average molecular weight is 349 g/mol. The van der Waals surface area contributed by atoms with Gasteiger partial charge in [0, 0.05) is 37.7 Å². The first kappa shape index (κ1) is 18.7. The van der Waals surface area contributed by atoms with Crippen molar-refractivity contribution in [1.29, 1.82) is 0 Å². The molecule has 1 aromatic carbocycles. The predicted octanol–water partition coefficient (Wildman–Crippen LogP) is 1.69. The fourth-order valence-electron chi connectivity index (χ4n) is 2.59. The third-order valence-electron chi connectivity index (χ3n) is 3.97. The first-order chi connectivity index (χ1) is 11.7. The smallest absolute Gasteiger partial charge is 0.310 e. The van der Waals surface area contributed by atoms with Crippen molar-refractivity contribution in [2.24, 2.45) is 5.41 Å². The lowest BCUT2D eigenvalue weighted by atomic mass is 9.94. The fourth-order valence-corrected chi connectivity index (χ4v) is 2.59. The van der Waals surface area contributed by atoms with E-state index in [1.165, 1.54) is 18.2 Å². The van der Waals surface area contributed by atoms with Gasteiger partial charge in [-0.2, -0.15) is 0 Å². The van der Waals surface area contributed by atoms with Gasteiger partial charge in [-0.3, -0.25) is 19.7 Å². The lowest BCUT2D eigenvalue weighted by Crippen LogP contribution is -2.53. The van der Waals surface area contributed by atoms with Gasteiger partial charge >= 0.3 is 5.69 Å². The minimum absolute atomic E-state index is 0.0655. The summed E-state index contributed by atoms with van der Waals surface area (Å²) in [6.45, 7) is 7.16. The molecule has 8 heteroatoms. The van der Waals surface area contributed by atoms with E-state index in [1.54, 1.807) is 15.9 Å². The monoisotopic (exact) mass is 349 g/mol. The number of rotatable bonds is 4. The predicted molar refractivity (Wildman–Crippen MR) is 91.2 cm³/mol. The summed E-state index contributed by atoms with van der Waals surface area (Å²) in [5.74, 6) is -0.112. The van der Waals surface area contributed by atoms with E-state index < -0.39 is 10.3 Å². The number of piperazine rings is 1. The van der Waals surface area contributed by atoms with E-state index in [-0.39, 0.29) is 29.9 Å². The average Bonchev–Trinajstić information content (AvgIpc) is 2.58. The molecule has 1 aromatic rings. The maximum atomic E-state index is 12.3. The zero-order chi connectivity index (χ0) is 18.6. The minimum atomic E-state index is -0.545. The number of para-hydroxylation sites is 2. The molecule has 1 heterocycles. The topological polar surface area (TPSA) is 93.0 Å². The Morgan fingerprint density at radius 2 is 1.68 bits per heavy atom. The molecular weight excluding hydrogens is 326 g/mol. The van der Waals surface area contributed by atoms with Crippen LogP contribution in [0, 0.1) is 15.5 Å². The Labute approximate surface area is 146 Å². The Balaban J connectivity index is 1.88. The first-order valence-corrected chi connectivity index (χ1v) is 8.13. The van der Waals surface area contributed by atoms with Crippen LogP contribution in [0.2, 0.25) is 0 Å². The van der Waals surface area contributed by atoms with E-state index in [9.17, 15) is 19.7 Å². The van der Waals surface area contributed by atoms with Crippen molar-refractivity contribution in [2.45, 2.75) is 20.8 Å². The van der Waals surface area contributed by atoms with Crippen LogP contribution in [0.4, 0.5) is 5.69 Å². The molecule has 0 radical (unpaired) electrons. The molecule has 2 amide bonds. The van der Waals surface area contributed by atoms with Gasteiger partial charge in [0.1, 0.15) is 0 Å². The molecule has 1 aliphatic heterocycles. The van der Waals surface area contributed by atoms with Crippen molar-refractivity contribution in [3.63, 3.8) is 0 Å². The minimum Gasteiger partial charge on any atom is -0.477 e. The number of nitro groups is 1. The number of benzene rings is 1. The van der Waals surface area contributed by atoms with Crippen LogP contribution in [0.5, 0.6) is 5.75 Å². The summed E-state index contributed by atoms with van der Waals surface area (Å²) in [6, 6.07) is 5.95. The van der Waals surface area contributed by atoms with Gasteiger partial charge in [-0.05, 0) is 6.07 Å². The van der Waals surface area contributed by atoms with Gasteiger partial charge < -0.3 is 14.5 Å². The van der Waals surface area contributed by atoms with Crippen molar-refractivity contribution in [1.82, 2.24) is 9.80 Å². The number of nitrogens with zero attached hydrogens (tertiary/aromatic N) is 3. The highest BCUT2D eigenvalue weighted by atomic mass is 16.6. The largest absolute Gasteiger partial charge is 0.477 e. The molecule has 8 nitrogen and oxygen atoms in total. The summed E-state index contributed by atoms with van der Waals surface area (Å²) in [4.78, 5) is 38.3. The second-order valence-electron chi connectivity index (χ2n) is 6.94. The Bertz CT molecular complexity index is 660. The summed E-state index contributed by atoms with van der Waals surface area (Å²) in [7, 11) is 0. The molecule has 0 spiro atoms. The van der Waals surface area contributed by atoms with E-state index in [0.29, 0.717) is 26.2 Å². The van der Waals surface area contributed by atoms with E-state index in [2.05, 4.69) is 0 Å². The molecule has 1 saturated heterocycles. The molecule has 1 aliphatic rings. The van der Waals surface area contributed by atoms with E-state index >= 15 is 0 Å². The van der Waals surface area contributed by atoms with Gasteiger partial charge in [0.15, 0.2) is 12.4 Å². The number of amides is 2. The summed E-state index contributed by atoms with van der Waals surface area (Å²) >= 11 is 0. The van der Waals surface area contributed by atoms with E-state index in [0.717, 1.165) is 0 Å². The first-order valence-electron chi connectivity index (χ1n) is 8.13. The van der Waals surface area contributed by atoms with Crippen LogP contribution < -0.4 is 4.74 Å². The zero-order valence-electron chi connectivity index (χ0n) is 14.7. The normalized spacial score (nSPS) is 15.0. The summed E-state index contributed by atoms with van der Waals surface area (Å²) < 4.78 is 5.33. The number of hydrogen-bond acceptors (Lipinski definition) is 5. The zero-order valence-corrected chi connectivity index (χ0v) is 14.7. The highest BCUT2D eigenvalue weighted by Crippen LogP contribution is 2.25. The molecule has 0 bridgehead atoms. The molecule has 0 N–H and O–H groups in total. The van der Waals surface area contributed by atoms with Crippen LogP contribution in [-0.2, 0) is 9.59 Å². The third-order valence-corrected chi connectivity index (χ3v) is 3.97. The quantitative estimate of drug-likeness (QED) is 0.609. The van der Waals surface area contributed by atoms with Crippen LogP contribution >= 0.6 is 0 Å². The van der Waals surface area contributed by atoms with Gasteiger partial charge in [0.05, 0.1) is 4.92 Å². The number of carbonyl (C=O) groups excluding carboxylic acids is 2. The molecule has 0 atom stereocenters. The number of ether oxygens (including phenoxy) is 1. The number of carbonyl (C=O) groups is 2. The Morgan fingerprint density at radius 1 is 1.12 bits per heavy atom. The molecule has 25 heavy (non-hydrogen) atoms. The molecule has 0 aliphatic carbocycles.